The first-order valence-electron chi connectivity index (χ1n) is 10.9. The van der Waals surface area contributed by atoms with E-state index in [4.69, 9.17) is 10.5 Å². The smallest absolute Gasteiger partial charge is 0.351 e. The third kappa shape index (κ3) is 5.42. The molecule has 0 aliphatic carbocycles. The molecule has 0 saturated carbocycles. The highest BCUT2D eigenvalue weighted by Gasteiger charge is 2.33. The zero-order valence-corrected chi connectivity index (χ0v) is 19.8. The Morgan fingerprint density at radius 1 is 1.39 bits per heavy atom. The van der Waals surface area contributed by atoms with Crippen molar-refractivity contribution in [3.05, 3.63) is 29.9 Å². The Hall–Kier alpha value is -3.61. The molecule has 1 aliphatic rings. The van der Waals surface area contributed by atoms with Crippen molar-refractivity contribution in [2.75, 3.05) is 25.0 Å². The van der Waals surface area contributed by atoms with Crippen molar-refractivity contribution in [3.8, 4) is 6.07 Å². The van der Waals surface area contributed by atoms with Gasteiger partial charge in [-0.2, -0.15) is 5.26 Å². The van der Waals surface area contributed by atoms with Gasteiger partial charge in [0, 0.05) is 32.0 Å². The zero-order valence-electron chi connectivity index (χ0n) is 19.8. The molecule has 176 valence electrons. The first kappa shape index (κ1) is 24.0. The number of nitrogens with two attached hydrogens (primary N) is 1. The molecule has 2 aromatic rings. The molecular weight excluding hydrogens is 422 g/mol. The summed E-state index contributed by atoms with van der Waals surface area (Å²) in [6, 6.07) is 3.75. The molecule has 1 amide bonds. The van der Waals surface area contributed by atoms with Crippen LogP contribution in [0, 0.1) is 17.2 Å². The van der Waals surface area contributed by atoms with Crippen molar-refractivity contribution < 1.29 is 14.3 Å². The Kier molecular flexibility index (Phi) is 6.91. The van der Waals surface area contributed by atoms with Crippen LogP contribution >= 0.6 is 0 Å². The van der Waals surface area contributed by atoms with Gasteiger partial charge in [0.25, 0.3) is 0 Å². The van der Waals surface area contributed by atoms with E-state index in [-0.39, 0.29) is 29.6 Å². The van der Waals surface area contributed by atoms with Crippen LogP contribution < -0.4 is 10.6 Å². The largest absolute Gasteiger partial charge is 0.456 e. The lowest BCUT2D eigenvalue weighted by Gasteiger charge is -2.42. The summed E-state index contributed by atoms with van der Waals surface area (Å²) in [5.74, 6) is 0.0684. The first-order valence-corrected chi connectivity index (χ1v) is 10.9. The second-order valence-electron chi connectivity index (χ2n) is 9.41. The highest BCUT2D eigenvalue weighted by Crippen LogP contribution is 2.29. The molecule has 1 saturated heterocycles. The van der Waals surface area contributed by atoms with Crippen molar-refractivity contribution >= 4 is 28.7 Å². The Bertz CT molecular complexity index is 1110. The number of carbonyl (C=O) groups excluding carboxylic acids is 2. The van der Waals surface area contributed by atoms with Crippen LogP contribution in [-0.4, -0.2) is 63.5 Å². The number of hydrogen-bond acceptors (Lipinski definition) is 8. The minimum Gasteiger partial charge on any atom is -0.456 e. The number of nitrogens with one attached hydrogen (secondary N) is 1. The molecule has 3 rings (SSSR count). The first-order chi connectivity index (χ1) is 15.5. The molecule has 10 heteroatoms. The van der Waals surface area contributed by atoms with E-state index in [1.54, 1.807) is 31.7 Å². The maximum Gasteiger partial charge on any atom is 0.351 e. The van der Waals surface area contributed by atoms with Crippen molar-refractivity contribution in [2.45, 2.75) is 52.2 Å². The van der Waals surface area contributed by atoms with Crippen molar-refractivity contribution in [3.63, 3.8) is 0 Å². The van der Waals surface area contributed by atoms with Crippen molar-refractivity contribution in [1.29, 1.82) is 5.26 Å². The number of ether oxygens (including phenoxy) is 1. The summed E-state index contributed by atoms with van der Waals surface area (Å²) in [6.07, 6.45) is 3.93. The predicted octanol–water partition coefficient (Wildman–Crippen LogP) is 2.10. The van der Waals surface area contributed by atoms with Crippen molar-refractivity contribution in [1.82, 2.24) is 19.9 Å². The molecule has 3 heterocycles. The summed E-state index contributed by atoms with van der Waals surface area (Å²) >= 11 is 0. The molecule has 1 fully saturated rings. The van der Waals surface area contributed by atoms with Crippen LogP contribution in [-0.2, 0) is 14.3 Å². The number of aromatic nitrogens is 3. The maximum atomic E-state index is 13.0. The van der Waals surface area contributed by atoms with Crippen LogP contribution in [0.3, 0.4) is 0 Å². The summed E-state index contributed by atoms with van der Waals surface area (Å²) in [7, 11) is 1.97. The van der Waals surface area contributed by atoms with Crippen molar-refractivity contribution in [2.24, 2.45) is 11.7 Å². The second kappa shape index (κ2) is 9.48. The Morgan fingerprint density at radius 3 is 2.79 bits per heavy atom. The summed E-state index contributed by atoms with van der Waals surface area (Å²) < 4.78 is 5.23. The maximum absolute atomic E-state index is 13.0. The number of likely N-dealkylation sites (N-methyl/N-ethyl adjacent to an activating group) is 1. The van der Waals surface area contributed by atoms with Gasteiger partial charge < -0.3 is 25.3 Å². The SMILES string of the molecule is C[C@@H]1CCN(C(=O)C/C(N)=C(/C#N)C(=O)OC(C)(C)C)C[C@@H]1N(C)c1ncnc2[nH]ccc12. The molecule has 2 atom stereocenters. The number of hydrogen-bond donors (Lipinski definition) is 2. The lowest BCUT2D eigenvalue weighted by Crippen LogP contribution is -2.53. The lowest BCUT2D eigenvalue weighted by molar-refractivity contribution is -0.149. The summed E-state index contributed by atoms with van der Waals surface area (Å²) in [4.78, 5) is 40.9. The van der Waals surface area contributed by atoms with E-state index in [0.29, 0.717) is 19.0 Å². The van der Waals surface area contributed by atoms with Gasteiger partial charge in [0.05, 0.1) is 17.8 Å². The van der Waals surface area contributed by atoms with Gasteiger partial charge in [-0.05, 0) is 39.2 Å². The number of anilines is 1. The average molecular weight is 454 g/mol. The van der Waals surface area contributed by atoms with Crippen LogP contribution in [0.5, 0.6) is 0 Å². The van der Waals surface area contributed by atoms with Crippen LogP contribution in [0.15, 0.2) is 29.9 Å². The molecule has 0 bridgehead atoms. The fourth-order valence-electron chi connectivity index (χ4n) is 4.02. The van der Waals surface area contributed by atoms with Crippen LogP contribution in [0.2, 0.25) is 0 Å². The van der Waals surface area contributed by atoms with E-state index < -0.39 is 11.6 Å². The van der Waals surface area contributed by atoms with Gasteiger partial charge in [-0.3, -0.25) is 4.79 Å². The molecule has 0 aromatic carbocycles. The van der Waals surface area contributed by atoms with Gasteiger partial charge >= 0.3 is 5.97 Å². The highest BCUT2D eigenvalue weighted by molar-refractivity contribution is 5.95. The number of likely N-dealkylation sites (tertiary alicyclic amines) is 1. The molecule has 0 spiro atoms. The zero-order chi connectivity index (χ0) is 24.3. The number of aromatic amines is 1. The van der Waals surface area contributed by atoms with Gasteiger partial charge in [0.2, 0.25) is 5.91 Å². The van der Waals surface area contributed by atoms with E-state index in [2.05, 4.69) is 26.8 Å². The van der Waals surface area contributed by atoms with Gasteiger partial charge in [-0.25, -0.2) is 14.8 Å². The number of carbonyl (C=O) groups is 2. The summed E-state index contributed by atoms with van der Waals surface area (Å²) in [5, 5.41) is 10.3. The third-order valence-electron chi connectivity index (χ3n) is 5.81. The standard InChI is InChI=1S/C23H31N7O3/c1-14-7-9-30(19(31)10-17(25)16(11-24)22(32)33-23(2,3)4)12-18(14)29(5)21-15-6-8-26-20(15)27-13-28-21/h6,8,13-14,18H,7,9-10,12,25H2,1-5H3,(H,26,27,28)/b17-16+/t14-,18+/m1/s1. The second-order valence-corrected chi connectivity index (χ2v) is 9.41. The number of nitrogens with zero attached hydrogens (tertiary/aromatic N) is 5. The molecule has 33 heavy (non-hydrogen) atoms. The fraction of sp³-hybridized carbons (Fsp3) is 0.522. The molecule has 3 N–H and O–H groups in total. The van der Waals surface area contributed by atoms with Gasteiger partial charge in [-0.1, -0.05) is 6.92 Å². The molecule has 0 radical (unpaired) electrons. The summed E-state index contributed by atoms with van der Waals surface area (Å²) in [5.41, 5.74) is 5.58. The summed E-state index contributed by atoms with van der Waals surface area (Å²) in [6.45, 7) is 8.31. The number of rotatable bonds is 5. The van der Waals surface area contributed by atoms with Gasteiger partial charge in [0.15, 0.2) is 5.57 Å². The Labute approximate surface area is 193 Å². The molecule has 1 aliphatic heterocycles. The van der Waals surface area contributed by atoms with Gasteiger partial charge in [-0.15, -0.1) is 0 Å². The minimum atomic E-state index is -0.820. The normalized spacial score (nSPS) is 19.6. The number of amides is 1. The third-order valence-corrected chi connectivity index (χ3v) is 5.81. The van der Waals surface area contributed by atoms with E-state index in [9.17, 15) is 14.9 Å². The quantitative estimate of drug-likeness (QED) is 0.398. The van der Waals surface area contributed by atoms with E-state index in [1.807, 2.05) is 19.3 Å². The minimum absolute atomic E-state index is 0.0298. The number of esters is 1. The fourth-order valence-corrected chi connectivity index (χ4v) is 4.02. The Morgan fingerprint density at radius 2 is 2.12 bits per heavy atom. The van der Waals surface area contributed by atoms with Gasteiger partial charge in [0.1, 0.15) is 29.5 Å². The monoisotopic (exact) mass is 453 g/mol. The van der Waals surface area contributed by atoms with Crippen LogP contribution in [0.4, 0.5) is 5.82 Å². The molecule has 10 nitrogen and oxygen atoms in total. The van der Waals surface area contributed by atoms with Crippen LogP contribution in [0.25, 0.3) is 11.0 Å². The van der Waals surface area contributed by atoms with E-state index in [1.165, 1.54) is 6.33 Å². The predicted molar refractivity (Wildman–Crippen MR) is 124 cm³/mol. The van der Waals surface area contributed by atoms with E-state index >= 15 is 0 Å². The average Bonchev–Trinajstić information content (AvgIpc) is 3.21. The number of piperidine rings is 1. The number of nitriles is 1. The number of H-pyrrole nitrogens is 1. The highest BCUT2D eigenvalue weighted by atomic mass is 16.6. The molecule has 0 unspecified atom stereocenters. The van der Waals surface area contributed by atoms with Crippen LogP contribution in [0.1, 0.15) is 40.5 Å². The van der Waals surface area contributed by atoms with E-state index in [0.717, 1.165) is 23.3 Å². The topological polar surface area (TPSA) is 141 Å². The molecule has 2 aromatic heterocycles. The number of fused-ring (bicyclic) bond motifs is 1. The Balaban J connectivity index is 1.75. The molecular formula is C23H31N7O3. The lowest BCUT2D eigenvalue weighted by atomic mass is 9.92.